The lowest BCUT2D eigenvalue weighted by molar-refractivity contribution is -0.145. The summed E-state index contributed by atoms with van der Waals surface area (Å²) >= 11 is 5.96. The molecule has 0 aliphatic rings. The van der Waals surface area contributed by atoms with Gasteiger partial charge in [0.25, 0.3) is 0 Å². The molecule has 0 bridgehead atoms. The van der Waals surface area contributed by atoms with Crippen LogP contribution in [0.25, 0.3) is 0 Å². The van der Waals surface area contributed by atoms with Gasteiger partial charge < -0.3 is 9.84 Å². The van der Waals surface area contributed by atoms with E-state index in [1.54, 1.807) is 24.3 Å². The smallest absolute Gasteiger partial charge is 0.345 e. The highest BCUT2D eigenvalue weighted by Crippen LogP contribution is 2.25. The molecule has 0 saturated carbocycles. The number of hydrogen-bond acceptors (Lipinski definition) is 2. The number of hydrogen-bond donors (Lipinski definition) is 1. The molecule has 1 atom stereocenters. The van der Waals surface area contributed by atoms with Gasteiger partial charge in [0.15, 0.2) is 6.10 Å². The van der Waals surface area contributed by atoms with Crippen molar-refractivity contribution in [1.82, 2.24) is 0 Å². The summed E-state index contributed by atoms with van der Waals surface area (Å²) in [6.45, 7) is 0. The van der Waals surface area contributed by atoms with Crippen molar-refractivity contribution in [2.45, 2.75) is 12.5 Å². The zero-order chi connectivity index (χ0) is 13.7. The molecule has 1 N–H and O–H groups in total. The van der Waals surface area contributed by atoms with Crippen LogP contribution in [0, 0.1) is 0 Å². The van der Waals surface area contributed by atoms with E-state index in [0.717, 1.165) is 5.56 Å². The number of aliphatic carboxylic acids is 1. The number of carboxylic acid groups (broad SMARTS) is 1. The Bertz CT molecular complexity index is 554. The van der Waals surface area contributed by atoms with Gasteiger partial charge in [-0.15, -0.1) is 0 Å². The van der Waals surface area contributed by atoms with E-state index in [0.29, 0.717) is 17.2 Å². The monoisotopic (exact) mass is 276 g/mol. The number of ether oxygens (including phenoxy) is 1. The number of para-hydroxylation sites is 1. The second-order valence-electron chi connectivity index (χ2n) is 4.06. The van der Waals surface area contributed by atoms with Crippen molar-refractivity contribution in [2.75, 3.05) is 0 Å². The number of benzene rings is 2. The molecule has 0 spiro atoms. The molecule has 0 amide bonds. The zero-order valence-electron chi connectivity index (χ0n) is 10.1. The van der Waals surface area contributed by atoms with E-state index in [1.807, 2.05) is 30.3 Å². The lowest BCUT2D eigenvalue weighted by Crippen LogP contribution is -2.29. The highest BCUT2D eigenvalue weighted by Gasteiger charge is 2.20. The molecule has 3 nitrogen and oxygen atoms in total. The van der Waals surface area contributed by atoms with Crippen LogP contribution in [0.5, 0.6) is 5.75 Å². The van der Waals surface area contributed by atoms with Crippen LogP contribution in [-0.4, -0.2) is 17.2 Å². The molecule has 2 aromatic rings. The van der Waals surface area contributed by atoms with Gasteiger partial charge in [-0.2, -0.15) is 0 Å². The molecular weight excluding hydrogens is 264 g/mol. The highest BCUT2D eigenvalue weighted by atomic mass is 35.5. The Labute approximate surface area is 116 Å². The van der Waals surface area contributed by atoms with E-state index in [1.165, 1.54) is 0 Å². The molecule has 0 saturated heterocycles. The maximum absolute atomic E-state index is 11.3. The van der Waals surface area contributed by atoms with Gasteiger partial charge in [0, 0.05) is 6.42 Å². The maximum atomic E-state index is 11.3. The van der Waals surface area contributed by atoms with Crippen molar-refractivity contribution in [2.24, 2.45) is 0 Å². The summed E-state index contributed by atoms with van der Waals surface area (Å²) in [5.41, 5.74) is 0.905. The Hall–Kier alpha value is -2.00. The largest absolute Gasteiger partial charge is 0.478 e. The summed E-state index contributed by atoms with van der Waals surface area (Å²) in [6.07, 6.45) is -0.663. The van der Waals surface area contributed by atoms with E-state index in [2.05, 4.69) is 0 Å². The fourth-order valence-corrected chi connectivity index (χ4v) is 1.88. The molecule has 0 fully saturated rings. The average molecular weight is 277 g/mol. The van der Waals surface area contributed by atoms with Crippen LogP contribution >= 0.6 is 11.6 Å². The van der Waals surface area contributed by atoms with Crippen molar-refractivity contribution >= 4 is 17.6 Å². The fraction of sp³-hybridized carbons (Fsp3) is 0.133. The summed E-state index contributed by atoms with van der Waals surface area (Å²) in [7, 11) is 0. The van der Waals surface area contributed by atoms with Gasteiger partial charge in [-0.25, -0.2) is 4.79 Å². The van der Waals surface area contributed by atoms with Crippen molar-refractivity contribution in [3.8, 4) is 5.75 Å². The summed E-state index contributed by atoms with van der Waals surface area (Å²) in [4.78, 5) is 11.3. The topological polar surface area (TPSA) is 46.5 Å². The molecule has 19 heavy (non-hydrogen) atoms. The Balaban J connectivity index is 2.13. The Morgan fingerprint density at radius 3 is 2.37 bits per heavy atom. The van der Waals surface area contributed by atoms with Gasteiger partial charge in [0.2, 0.25) is 0 Å². The lowest BCUT2D eigenvalue weighted by Gasteiger charge is -2.16. The van der Waals surface area contributed by atoms with E-state index < -0.39 is 12.1 Å². The molecule has 4 heteroatoms. The zero-order valence-corrected chi connectivity index (χ0v) is 10.9. The van der Waals surface area contributed by atoms with Gasteiger partial charge in [0.05, 0.1) is 5.02 Å². The van der Waals surface area contributed by atoms with Crippen LogP contribution in [0.1, 0.15) is 5.56 Å². The van der Waals surface area contributed by atoms with Crippen molar-refractivity contribution < 1.29 is 14.6 Å². The van der Waals surface area contributed by atoms with Crippen LogP contribution in [0.3, 0.4) is 0 Å². The Kier molecular flexibility index (Phi) is 4.42. The molecule has 0 aromatic heterocycles. The molecule has 98 valence electrons. The van der Waals surface area contributed by atoms with Crippen LogP contribution in [0.15, 0.2) is 54.6 Å². The van der Waals surface area contributed by atoms with Crippen molar-refractivity contribution in [1.29, 1.82) is 0 Å². The van der Waals surface area contributed by atoms with Gasteiger partial charge in [-0.1, -0.05) is 54.1 Å². The van der Waals surface area contributed by atoms with Gasteiger partial charge in [0.1, 0.15) is 5.75 Å². The minimum atomic E-state index is -1.01. The molecular formula is C15H13ClO3. The van der Waals surface area contributed by atoms with E-state index in [4.69, 9.17) is 16.3 Å². The molecule has 2 rings (SSSR count). The summed E-state index contributed by atoms with van der Waals surface area (Å²) < 4.78 is 5.48. The van der Waals surface area contributed by atoms with E-state index >= 15 is 0 Å². The van der Waals surface area contributed by atoms with Gasteiger partial charge in [-0.05, 0) is 17.7 Å². The molecule has 0 heterocycles. The first kappa shape index (κ1) is 13.4. The molecule has 0 unspecified atom stereocenters. The third kappa shape index (κ3) is 3.73. The third-order valence-electron chi connectivity index (χ3n) is 2.65. The average Bonchev–Trinajstić information content (AvgIpc) is 2.41. The maximum Gasteiger partial charge on any atom is 0.345 e. The lowest BCUT2D eigenvalue weighted by atomic mass is 10.1. The summed E-state index contributed by atoms with van der Waals surface area (Å²) in [5.74, 6) is -0.628. The van der Waals surface area contributed by atoms with Crippen LogP contribution in [-0.2, 0) is 11.2 Å². The third-order valence-corrected chi connectivity index (χ3v) is 2.96. The minimum absolute atomic E-state index is 0.293. The molecule has 0 aliphatic carbocycles. The normalized spacial score (nSPS) is 11.8. The van der Waals surface area contributed by atoms with Crippen LogP contribution < -0.4 is 4.74 Å². The first-order valence-corrected chi connectivity index (χ1v) is 6.22. The van der Waals surface area contributed by atoms with Crippen molar-refractivity contribution in [3.63, 3.8) is 0 Å². The predicted molar refractivity (Wildman–Crippen MR) is 73.6 cm³/mol. The second kappa shape index (κ2) is 6.25. The second-order valence-corrected chi connectivity index (χ2v) is 4.47. The van der Waals surface area contributed by atoms with E-state index in [9.17, 15) is 9.90 Å². The molecule has 2 aromatic carbocycles. The Morgan fingerprint density at radius 2 is 1.74 bits per heavy atom. The molecule has 0 radical (unpaired) electrons. The first-order valence-electron chi connectivity index (χ1n) is 5.85. The van der Waals surface area contributed by atoms with Crippen LogP contribution in [0.2, 0.25) is 5.02 Å². The minimum Gasteiger partial charge on any atom is -0.478 e. The quantitative estimate of drug-likeness (QED) is 0.910. The first-order chi connectivity index (χ1) is 9.16. The SMILES string of the molecule is O=C(O)[C@@H](Cc1ccccc1)Oc1ccccc1Cl. The summed E-state index contributed by atoms with van der Waals surface area (Å²) in [5, 5.41) is 9.62. The highest BCUT2D eigenvalue weighted by molar-refractivity contribution is 6.32. The summed E-state index contributed by atoms with van der Waals surface area (Å²) in [6, 6.07) is 16.2. The predicted octanol–water partition coefficient (Wildman–Crippen LogP) is 3.41. The van der Waals surface area contributed by atoms with E-state index in [-0.39, 0.29) is 0 Å². The number of carboxylic acids is 1. The molecule has 0 aliphatic heterocycles. The van der Waals surface area contributed by atoms with Crippen molar-refractivity contribution in [3.05, 3.63) is 65.2 Å². The van der Waals surface area contributed by atoms with Gasteiger partial charge >= 0.3 is 5.97 Å². The fourth-order valence-electron chi connectivity index (χ4n) is 1.70. The standard InChI is InChI=1S/C15H13ClO3/c16-12-8-4-5-9-13(12)19-14(15(17)18)10-11-6-2-1-3-7-11/h1-9,14H,10H2,(H,17,18)/t14-/m1/s1. The van der Waals surface area contributed by atoms with Crippen LogP contribution in [0.4, 0.5) is 0 Å². The number of carbonyl (C=O) groups is 1. The Morgan fingerprint density at radius 1 is 1.11 bits per heavy atom. The van der Waals surface area contributed by atoms with Gasteiger partial charge in [-0.3, -0.25) is 0 Å². The number of rotatable bonds is 5. The number of halogens is 1.